The molecule has 2 aromatic rings. The quantitative estimate of drug-likeness (QED) is 0.741. The number of phenols is 1. The highest BCUT2D eigenvalue weighted by atomic mass is 35.5. The van der Waals surface area contributed by atoms with Gasteiger partial charge in [0.05, 0.1) is 13.0 Å². The predicted molar refractivity (Wildman–Crippen MR) is 108 cm³/mol. The lowest BCUT2D eigenvalue weighted by atomic mass is 9.97. The van der Waals surface area contributed by atoms with Gasteiger partial charge in [-0.05, 0) is 31.2 Å². The standard InChI is InChI=1S/C21H25ClN2O4/c1-15-5-6-19(25)16(9-15)12-24-7-8-28-21(13-24,11-20(23)26)14-27-18-4-2-3-17(22)10-18/h2-6,9-10,25H,7-8,11-14H2,1H3,(H2,23,26)/t21-/m0/s1. The summed E-state index contributed by atoms with van der Waals surface area (Å²) in [5.41, 5.74) is 6.55. The Labute approximate surface area is 169 Å². The number of aryl methyl sites for hydroxylation is 1. The molecule has 0 radical (unpaired) electrons. The number of nitrogens with two attached hydrogens (primary N) is 1. The number of primary amides is 1. The summed E-state index contributed by atoms with van der Waals surface area (Å²) in [6.45, 7) is 4.30. The van der Waals surface area contributed by atoms with Gasteiger partial charge in [-0.1, -0.05) is 35.4 Å². The molecule has 2 aromatic carbocycles. The van der Waals surface area contributed by atoms with Gasteiger partial charge in [0.1, 0.15) is 23.7 Å². The smallest absolute Gasteiger partial charge is 0.220 e. The van der Waals surface area contributed by atoms with Crippen LogP contribution in [0.25, 0.3) is 0 Å². The molecule has 0 aliphatic carbocycles. The van der Waals surface area contributed by atoms with E-state index in [0.717, 1.165) is 11.1 Å². The topological polar surface area (TPSA) is 85.0 Å². The van der Waals surface area contributed by atoms with Crippen molar-refractivity contribution in [3.8, 4) is 11.5 Å². The second kappa shape index (κ2) is 8.82. The lowest BCUT2D eigenvalue weighted by Crippen LogP contribution is -2.56. The molecule has 1 aliphatic heterocycles. The maximum Gasteiger partial charge on any atom is 0.220 e. The summed E-state index contributed by atoms with van der Waals surface area (Å²) in [6, 6.07) is 12.6. The molecule has 3 rings (SSSR count). The zero-order valence-electron chi connectivity index (χ0n) is 15.9. The first-order chi connectivity index (χ1) is 13.3. The minimum Gasteiger partial charge on any atom is -0.508 e. The molecule has 7 heteroatoms. The van der Waals surface area contributed by atoms with Crippen molar-refractivity contribution in [1.29, 1.82) is 0 Å². The van der Waals surface area contributed by atoms with Gasteiger partial charge in [0, 0.05) is 30.2 Å². The summed E-state index contributed by atoms with van der Waals surface area (Å²) in [5.74, 6) is 0.413. The number of morpholine rings is 1. The number of ether oxygens (including phenoxy) is 2. The van der Waals surface area contributed by atoms with Gasteiger partial charge in [-0.15, -0.1) is 0 Å². The molecule has 150 valence electrons. The summed E-state index contributed by atoms with van der Waals surface area (Å²) in [6.07, 6.45) is 0.0455. The van der Waals surface area contributed by atoms with E-state index in [9.17, 15) is 9.90 Å². The number of carbonyl (C=O) groups excluding carboxylic acids is 1. The van der Waals surface area contributed by atoms with Crippen LogP contribution in [-0.2, 0) is 16.1 Å². The Kier molecular flexibility index (Phi) is 6.44. The Morgan fingerprint density at radius 2 is 2.18 bits per heavy atom. The van der Waals surface area contributed by atoms with Gasteiger partial charge >= 0.3 is 0 Å². The van der Waals surface area contributed by atoms with Crippen LogP contribution in [0.1, 0.15) is 17.5 Å². The largest absolute Gasteiger partial charge is 0.508 e. The third-order valence-corrected chi connectivity index (χ3v) is 4.99. The van der Waals surface area contributed by atoms with Crippen LogP contribution in [0.3, 0.4) is 0 Å². The van der Waals surface area contributed by atoms with E-state index in [1.54, 1.807) is 30.3 Å². The molecular formula is C21H25ClN2O4. The summed E-state index contributed by atoms with van der Waals surface area (Å²) in [7, 11) is 0. The van der Waals surface area contributed by atoms with Crippen molar-refractivity contribution in [3.05, 3.63) is 58.6 Å². The Balaban J connectivity index is 1.74. The molecule has 1 amide bonds. The summed E-state index contributed by atoms with van der Waals surface area (Å²) in [5, 5.41) is 10.7. The fourth-order valence-corrected chi connectivity index (χ4v) is 3.65. The molecule has 1 heterocycles. The molecule has 3 N–H and O–H groups in total. The highest BCUT2D eigenvalue weighted by molar-refractivity contribution is 6.30. The van der Waals surface area contributed by atoms with Crippen LogP contribution >= 0.6 is 11.6 Å². The first-order valence-electron chi connectivity index (χ1n) is 9.17. The fraction of sp³-hybridized carbons (Fsp3) is 0.381. The van der Waals surface area contributed by atoms with Gasteiger partial charge in [0.2, 0.25) is 5.91 Å². The number of halogens is 1. The molecule has 0 aromatic heterocycles. The number of rotatable bonds is 7. The van der Waals surface area contributed by atoms with Crippen molar-refractivity contribution in [2.45, 2.75) is 25.5 Å². The van der Waals surface area contributed by atoms with Crippen LogP contribution in [0.4, 0.5) is 0 Å². The zero-order chi connectivity index (χ0) is 20.1. The third kappa shape index (κ3) is 5.38. The van der Waals surface area contributed by atoms with Crippen molar-refractivity contribution in [2.24, 2.45) is 5.73 Å². The van der Waals surface area contributed by atoms with Gasteiger partial charge < -0.3 is 20.3 Å². The summed E-state index contributed by atoms with van der Waals surface area (Å²) >= 11 is 6.01. The van der Waals surface area contributed by atoms with Crippen LogP contribution in [0.5, 0.6) is 11.5 Å². The van der Waals surface area contributed by atoms with E-state index >= 15 is 0 Å². The normalized spacial score (nSPS) is 20.1. The molecule has 1 fully saturated rings. The van der Waals surface area contributed by atoms with E-state index in [2.05, 4.69) is 4.90 Å². The van der Waals surface area contributed by atoms with Gasteiger partial charge in [0.15, 0.2) is 0 Å². The van der Waals surface area contributed by atoms with Gasteiger partial charge in [-0.2, -0.15) is 0 Å². The molecule has 0 saturated carbocycles. The second-order valence-corrected chi connectivity index (χ2v) is 7.70. The van der Waals surface area contributed by atoms with E-state index in [1.165, 1.54) is 0 Å². The fourth-order valence-electron chi connectivity index (χ4n) is 3.47. The maximum absolute atomic E-state index is 11.7. The summed E-state index contributed by atoms with van der Waals surface area (Å²) in [4.78, 5) is 13.9. The van der Waals surface area contributed by atoms with Crippen LogP contribution in [-0.4, -0.2) is 47.8 Å². The average Bonchev–Trinajstić information content (AvgIpc) is 2.63. The zero-order valence-corrected chi connectivity index (χ0v) is 16.6. The third-order valence-electron chi connectivity index (χ3n) is 4.75. The number of hydrogen-bond donors (Lipinski definition) is 2. The van der Waals surface area contributed by atoms with Crippen LogP contribution < -0.4 is 10.5 Å². The molecule has 1 aliphatic rings. The van der Waals surface area contributed by atoms with Crippen molar-refractivity contribution in [2.75, 3.05) is 26.3 Å². The number of phenolic OH excluding ortho intramolecular Hbond substituents is 1. The lowest BCUT2D eigenvalue weighted by Gasteiger charge is -2.42. The van der Waals surface area contributed by atoms with E-state index in [0.29, 0.717) is 37.0 Å². The highest BCUT2D eigenvalue weighted by Crippen LogP contribution is 2.28. The second-order valence-electron chi connectivity index (χ2n) is 7.26. The lowest BCUT2D eigenvalue weighted by molar-refractivity contribution is -0.148. The Morgan fingerprint density at radius 3 is 2.93 bits per heavy atom. The molecular weight excluding hydrogens is 380 g/mol. The molecule has 0 bridgehead atoms. The van der Waals surface area contributed by atoms with E-state index in [1.807, 2.05) is 19.1 Å². The van der Waals surface area contributed by atoms with Gasteiger partial charge in [0.25, 0.3) is 0 Å². The molecule has 0 unspecified atom stereocenters. The minimum absolute atomic E-state index is 0.0455. The SMILES string of the molecule is Cc1ccc(O)c(CN2CCO[C@@](COc3cccc(Cl)c3)(CC(N)=O)C2)c1. The average molecular weight is 405 g/mol. The Hall–Kier alpha value is -2.28. The molecule has 0 spiro atoms. The van der Waals surface area contributed by atoms with Crippen molar-refractivity contribution in [1.82, 2.24) is 4.90 Å². The number of carbonyl (C=O) groups is 1. The molecule has 1 atom stereocenters. The number of benzene rings is 2. The van der Waals surface area contributed by atoms with Crippen LogP contribution in [0.2, 0.25) is 5.02 Å². The molecule has 1 saturated heterocycles. The predicted octanol–water partition coefficient (Wildman–Crippen LogP) is 2.88. The van der Waals surface area contributed by atoms with E-state index < -0.39 is 11.5 Å². The Morgan fingerprint density at radius 1 is 1.36 bits per heavy atom. The van der Waals surface area contributed by atoms with E-state index in [4.69, 9.17) is 26.8 Å². The van der Waals surface area contributed by atoms with Crippen LogP contribution in [0.15, 0.2) is 42.5 Å². The number of amides is 1. The first-order valence-corrected chi connectivity index (χ1v) is 9.54. The van der Waals surface area contributed by atoms with Crippen molar-refractivity contribution >= 4 is 17.5 Å². The first kappa shape index (κ1) is 20.5. The maximum atomic E-state index is 11.7. The van der Waals surface area contributed by atoms with E-state index in [-0.39, 0.29) is 18.8 Å². The minimum atomic E-state index is -0.855. The van der Waals surface area contributed by atoms with Gasteiger partial charge in [-0.25, -0.2) is 0 Å². The Bertz CT molecular complexity index is 845. The molecule has 28 heavy (non-hydrogen) atoms. The number of aromatic hydroxyl groups is 1. The summed E-state index contributed by atoms with van der Waals surface area (Å²) < 4.78 is 11.9. The monoisotopic (exact) mass is 404 g/mol. The number of nitrogens with zero attached hydrogens (tertiary/aromatic N) is 1. The highest BCUT2D eigenvalue weighted by Gasteiger charge is 2.39. The van der Waals surface area contributed by atoms with Crippen molar-refractivity contribution < 1.29 is 19.4 Å². The van der Waals surface area contributed by atoms with Crippen LogP contribution in [0, 0.1) is 6.92 Å². The van der Waals surface area contributed by atoms with Gasteiger partial charge in [-0.3, -0.25) is 9.69 Å². The number of hydrogen-bond acceptors (Lipinski definition) is 5. The molecule has 6 nitrogen and oxygen atoms in total. The van der Waals surface area contributed by atoms with Crippen molar-refractivity contribution in [3.63, 3.8) is 0 Å².